The molecular weight excluding hydrogens is 258 g/mol. The molecule has 0 radical (unpaired) electrons. The zero-order valence-corrected chi connectivity index (χ0v) is 12.1. The van der Waals surface area contributed by atoms with Gasteiger partial charge in [0.05, 0.1) is 11.9 Å². The molecule has 1 aromatic carbocycles. The number of hydrogen-bond donors (Lipinski definition) is 1. The van der Waals surface area contributed by atoms with Gasteiger partial charge < -0.3 is 10.0 Å². The van der Waals surface area contributed by atoms with E-state index in [0.717, 1.165) is 18.4 Å². The molecule has 1 aliphatic heterocycles. The normalized spacial score (nSPS) is 21.5. The van der Waals surface area contributed by atoms with Crippen LogP contribution in [0.2, 0.25) is 0 Å². The molecule has 0 spiro atoms. The van der Waals surface area contributed by atoms with Crippen LogP contribution in [0.3, 0.4) is 0 Å². The highest BCUT2D eigenvalue weighted by atomic mass is 32.2. The monoisotopic (exact) mass is 279 g/mol. The molecule has 1 saturated heterocycles. The molecular formula is C15H21NO2S. The lowest BCUT2D eigenvalue weighted by molar-refractivity contribution is -0.129. The molecule has 1 N–H and O–H groups in total. The average molecular weight is 279 g/mol. The number of rotatable bonds is 5. The van der Waals surface area contributed by atoms with Crippen molar-refractivity contribution in [2.75, 3.05) is 12.3 Å². The minimum atomic E-state index is -0.304. The van der Waals surface area contributed by atoms with Crippen LogP contribution in [0.25, 0.3) is 0 Å². The quantitative estimate of drug-likeness (QED) is 0.899. The first-order valence-corrected chi connectivity index (χ1v) is 7.87. The SMILES string of the molecule is CCC[C@@H](O)[C@@H]1CN(Cc2ccccc2)C(=O)CS1. The van der Waals surface area contributed by atoms with Crippen molar-refractivity contribution < 1.29 is 9.90 Å². The lowest BCUT2D eigenvalue weighted by Gasteiger charge is -2.34. The summed E-state index contributed by atoms with van der Waals surface area (Å²) in [5.41, 5.74) is 1.14. The van der Waals surface area contributed by atoms with E-state index >= 15 is 0 Å². The van der Waals surface area contributed by atoms with Crippen molar-refractivity contribution in [3.8, 4) is 0 Å². The molecule has 0 aliphatic carbocycles. The maximum absolute atomic E-state index is 11.9. The van der Waals surface area contributed by atoms with E-state index < -0.39 is 0 Å². The standard InChI is InChI=1S/C15H21NO2S/c1-2-6-13(17)14-10-16(15(18)11-19-14)9-12-7-4-3-5-8-12/h3-5,7-8,13-14,17H,2,6,9-11H2,1H3/t13-,14+/m1/s1. The second-order valence-corrected chi connectivity index (χ2v) is 6.19. The van der Waals surface area contributed by atoms with E-state index in [2.05, 4.69) is 6.92 Å². The van der Waals surface area contributed by atoms with Crippen molar-refractivity contribution in [3.05, 3.63) is 35.9 Å². The molecule has 2 atom stereocenters. The maximum Gasteiger partial charge on any atom is 0.232 e. The van der Waals surface area contributed by atoms with Gasteiger partial charge in [0, 0.05) is 18.3 Å². The van der Waals surface area contributed by atoms with E-state index in [1.165, 1.54) is 0 Å². The summed E-state index contributed by atoms with van der Waals surface area (Å²) in [5, 5.41) is 10.2. The van der Waals surface area contributed by atoms with Crippen LogP contribution < -0.4 is 0 Å². The first kappa shape index (κ1) is 14.4. The number of thioether (sulfide) groups is 1. The van der Waals surface area contributed by atoms with Gasteiger partial charge in [0.2, 0.25) is 5.91 Å². The van der Waals surface area contributed by atoms with Crippen LogP contribution in [0.5, 0.6) is 0 Å². The Morgan fingerprint density at radius 1 is 1.42 bits per heavy atom. The molecule has 19 heavy (non-hydrogen) atoms. The van der Waals surface area contributed by atoms with Gasteiger partial charge in [-0.05, 0) is 12.0 Å². The number of hydrogen-bond acceptors (Lipinski definition) is 3. The number of carbonyl (C=O) groups excluding carboxylic acids is 1. The van der Waals surface area contributed by atoms with Gasteiger partial charge in [0.15, 0.2) is 0 Å². The number of nitrogens with zero attached hydrogens (tertiary/aromatic N) is 1. The van der Waals surface area contributed by atoms with Gasteiger partial charge in [-0.2, -0.15) is 0 Å². The third kappa shape index (κ3) is 3.98. The molecule has 4 heteroatoms. The Morgan fingerprint density at radius 3 is 2.84 bits per heavy atom. The largest absolute Gasteiger partial charge is 0.392 e. The Kier molecular flexibility index (Phi) is 5.28. The molecule has 1 fully saturated rings. The minimum absolute atomic E-state index is 0.154. The Hall–Kier alpha value is -1.000. The third-order valence-electron chi connectivity index (χ3n) is 3.40. The second-order valence-electron chi connectivity index (χ2n) is 4.97. The Bertz CT molecular complexity index is 410. The smallest absolute Gasteiger partial charge is 0.232 e. The number of aliphatic hydroxyl groups excluding tert-OH is 1. The molecule has 0 bridgehead atoms. The van der Waals surface area contributed by atoms with Gasteiger partial charge in [0.1, 0.15) is 0 Å². The van der Waals surface area contributed by atoms with Crippen LogP contribution in [0.1, 0.15) is 25.3 Å². The molecule has 104 valence electrons. The van der Waals surface area contributed by atoms with Gasteiger partial charge >= 0.3 is 0 Å². The predicted octanol–water partition coefficient (Wildman–Crippen LogP) is 2.29. The predicted molar refractivity (Wildman–Crippen MR) is 79.0 cm³/mol. The number of benzene rings is 1. The zero-order chi connectivity index (χ0) is 13.7. The maximum atomic E-state index is 11.9. The van der Waals surface area contributed by atoms with E-state index in [1.807, 2.05) is 35.2 Å². The van der Waals surface area contributed by atoms with Crippen molar-refractivity contribution in [1.29, 1.82) is 0 Å². The van der Waals surface area contributed by atoms with Crippen LogP contribution in [0.4, 0.5) is 0 Å². The second kappa shape index (κ2) is 6.96. The first-order valence-electron chi connectivity index (χ1n) is 6.82. The summed E-state index contributed by atoms with van der Waals surface area (Å²) in [4.78, 5) is 13.8. The minimum Gasteiger partial charge on any atom is -0.392 e. The van der Waals surface area contributed by atoms with Crippen molar-refractivity contribution in [1.82, 2.24) is 4.90 Å². The number of amides is 1. The van der Waals surface area contributed by atoms with E-state index in [9.17, 15) is 9.90 Å². The Labute approximate surface area is 119 Å². The van der Waals surface area contributed by atoms with Gasteiger partial charge in [-0.25, -0.2) is 0 Å². The molecule has 2 rings (SSSR count). The van der Waals surface area contributed by atoms with Gasteiger partial charge in [-0.1, -0.05) is 43.7 Å². The van der Waals surface area contributed by atoms with E-state index in [-0.39, 0.29) is 17.3 Å². The highest BCUT2D eigenvalue weighted by molar-refractivity contribution is 8.00. The van der Waals surface area contributed by atoms with Crippen molar-refractivity contribution in [2.45, 2.75) is 37.7 Å². The molecule has 1 aromatic rings. The van der Waals surface area contributed by atoms with Gasteiger partial charge in [-0.3, -0.25) is 4.79 Å². The zero-order valence-electron chi connectivity index (χ0n) is 11.3. The summed E-state index contributed by atoms with van der Waals surface area (Å²) in [6.07, 6.45) is 1.48. The number of carbonyl (C=O) groups is 1. The van der Waals surface area contributed by atoms with Crippen molar-refractivity contribution >= 4 is 17.7 Å². The fourth-order valence-electron chi connectivity index (χ4n) is 2.31. The topological polar surface area (TPSA) is 40.5 Å². The summed E-state index contributed by atoms with van der Waals surface area (Å²) in [5.74, 6) is 0.659. The molecule has 0 saturated carbocycles. The summed E-state index contributed by atoms with van der Waals surface area (Å²) >= 11 is 1.59. The fourth-order valence-corrected chi connectivity index (χ4v) is 3.50. The Morgan fingerprint density at radius 2 is 2.16 bits per heavy atom. The lowest BCUT2D eigenvalue weighted by atomic mass is 10.1. The average Bonchev–Trinajstić information content (AvgIpc) is 2.42. The van der Waals surface area contributed by atoms with E-state index in [4.69, 9.17) is 0 Å². The molecule has 1 heterocycles. The highest BCUT2D eigenvalue weighted by Crippen LogP contribution is 2.25. The van der Waals surface area contributed by atoms with Crippen LogP contribution in [-0.2, 0) is 11.3 Å². The van der Waals surface area contributed by atoms with E-state index in [1.54, 1.807) is 11.8 Å². The molecule has 0 aromatic heterocycles. The lowest BCUT2D eigenvalue weighted by Crippen LogP contribution is -2.45. The fraction of sp³-hybridized carbons (Fsp3) is 0.533. The summed E-state index contributed by atoms with van der Waals surface area (Å²) < 4.78 is 0. The summed E-state index contributed by atoms with van der Waals surface area (Å²) in [7, 11) is 0. The van der Waals surface area contributed by atoms with Gasteiger partial charge in [0.25, 0.3) is 0 Å². The van der Waals surface area contributed by atoms with Crippen LogP contribution in [0, 0.1) is 0 Å². The van der Waals surface area contributed by atoms with Crippen molar-refractivity contribution in [3.63, 3.8) is 0 Å². The van der Waals surface area contributed by atoms with Crippen LogP contribution in [-0.4, -0.2) is 39.6 Å². The van der Waals surface area contributed by atoms with Gasteiger partial charge in [-0.15, -0.1) is 11.8 Å². The van der Waals surface area contributed by atoms with Crippen molar-refractivity contribution in [2.24, 2.45) is 0 Å². The molecule has 1 amide bonds. The summed E-state index contributed by atoms with van der Waals surface area (Å²) in [6, 6.07) is 10.0. The van der Waals surface area contributed by atoms with E-state index in [0.29, 0.717) is 18.8 Å². The molecule has 0 unspecified atom stereocenters. The van der Waals surface area contributed by atoms with Crippen LogP contribution >= 0.6 is 11.8 Å². The highest BCUT2D eigenvalue weighted by Gasteiger charge is 2.30. The van der Waals surface area contributed by atoms with Crippen LogP contribution in [0.15, 0.2) is 30.3 Å². The number of aliphatic hydroxyl groups is 1. The summed E-state index contributed by atoms with van der Waals surface area (Å²) in [6.45, 7) is 3.37. The first-order chi connectivity index (χ1) is 9.20. The Balaban J connectivity index is 1.97. The molecule has 1 aliphatic rings. The third-order valence-corrected chi connectivity index (χ3v) is 4.71. The molecule has 3 nitrogen and oxygen atoms in total.